The summed E-state index contributed by atoms with van der Waals surface area (Å²) in [5, 5.41) is 3.52. The summed E-state index contributed by atoms with van der Waals surface area (Å²) in [4.78, 5) is 3.78. The molecule has 0 amide bonds. The predicted molar refractivity (Wildman–Crippen MR) is 96.3 cm³/mol. The van der Waals surface area contributed by atoms with Crippen LogP contribution in [0.1, 0.15) is 55.5 Å². The van der Waals surface area contributed by atoms with E-state index in [1.807, 2.05) is 0 Å². The lowest BCUT2D eigenvalue weighted by molar-refractivity contribution is 0.411. The minimum absolute atomic E-state index is 0.132. The van der Waals surface area contributed by atoms with Crippen LogP contribution in [0, 0.1) is 6.92 Å². The molecule has 1 aromatic carbocycles. The van der Waals surface area contributed by atoms with E-state index in [-0.39, 0.29) is 5.54 Å². The molecule has 3 heteroatoms. The number of hydrogen-bond acceptors (Lipinski definition) is 3. The maximum Gasteiger partial charge on any atom is 0.188 e. The van der Waals surface area contributed by atoms with Crippen molar-refractivity contribution >= 4 is 27.3 Å². The Balaban J connectivity index is 1.79. The first-order chi connectivity index (χ1) is 11.2. The van der Waals surface area contributed by atoms with Gasteiger partial charge in [0.15, 0.2) is 4.90 Å². The Morgan fingerprint density at radius 2 is 1.96 bits per heavy atom. The van der Waals surface area contributed by atoms with Crippen molar-refractivity contribution in [1.82, 2.24) is 0 Å². The first-order valence-corrected chi connectivity index (χ1v) is 9.46. The number of rotatable bonds is 1. The zero-order valence-corrected chi connectivity index (χ0v) is 14.5. The van der Waals surface area contributed by atoms with Crippen LogP contribution >= 0.6 is 11.3 Å². The van der Waals surface area contributed by atoms with Gasteiger partial charge in [0.05, 0.1) is 11.6 Å². The molecule has 2 nitrogen and oxygen atoms in total. The summed E-state index contributed by atoms with van der Waals surface area (Å²) in [6, 6.07) is 11.4. The van der Waals surface area contributed by atoms with Crippen LogP contribution in [-0.4, -0.2) is 0 Å². The summed E-state index contributed by atoms with van der Waals surface area (Å²) in [5.41, 5.74) is 4.35. The molecule has 1 aliphatic heterocycles. The molecule has 3 aromatic rings. The number of para-hydroxylation sites is 1. The first kappa shape index (κ1) is 13.7. The molecule has 3 heterocycles. The normalized spacial score (nSPS) is 22.3. The third-order valence-electron chi connectivity index (χ3n) is 5.85. The van der Waals surface area contributed by atoms with Crippen molar-refractivity contribution < 1.29 is 4.42 Å². The second kappa shape index (κ2) is 4.64. The highest BCUT2D eigenvalue weighted by Crippen LogP contribution is 2.59. The van der Waals surface area contributed by atoms with Crippen molar-refractivity contribution in [3.05, 3.63) is 52.6 Å². The summed E-state index contributed by atoms with van der Waals surface area (Å²) in [7, 11) is 0. The van der Waals surface area contributed by atoms with Gasteiger partial charge in [-0.2, -0.15) is 0 Å². The van der Waals surface area contributed by atoms with E-state index < -0.39 is 0 Å². The Bertz CT molecular complexity index is 884. The second-order valence-electron chi connectivity index (χ2n) is 7.03. The van der Waals surface area contributed by atoms with Crippen molar-refractivity contribution in [3.63, 3.8) is 0 Å². The molecule has 1 fully saturated rings. The van der Waals surface area contributed by atoms with Crippen LogP contribution in [0.25, 0.3) is 10.3 Å². The summed E-state index contributed by atoms with van der Waals surface area (Å²) >= 11 is 1.73. The molecule has 1 atom stereocenters. The third-order valence-corrected chi connectivity index (χ3v) is 6.64. The average molecular weight is 323 g/mol. The molecular weight excluding hydrogens is 302 g/mol. The van der Waals surface area contributed by atoms with Crippen LogP contribution < -0.4 is 4.90 Å². The van der Waals surface area contributed by atoms with Crippen molar-refractivity contribution in [1.29, 1.82) is 0 Å². The minimum atomic E-state index is 0.132. The van der Waals surface area contributed by atoms with Gasteiger partial charge in [0.2, 0.25) is 0 Å². The highest BCUT2D eigenvalue weighted by atomic mass is 32.1. The van der Waals surface area contributed by atoms with Gasteiger partial charge >= 0.3 is 0 Å². The van der Waals surface area contributed by atoms with Crippen molar-refractivity contribution in [2.45, 2.75) is 51.1 Å². The number of fused-ring (bicyclic) bond motifs is 4. The Hall–Kier alpha value is -1.74. The second-order valence-corrected chi connectivity index (χ2v) is 7.91. The van der Waals surface area contributed by atoms with E-state index in [2.05, 4.69) is 54.5 Å². The van der Waals surface area contributed by atoms with Gasteiger partial charge in [0, 0.05) is 16.6 Å². The summed E-state index contributed by atoms with van der Waals surface area (Å²) in [5.74, 6) is 1.21. The Morgan fingerprint density at radius 3 is 2.74 bits per heavy atom. The molecule has 1 unspecified atom stereocenters. The number of aryl methyl sites for hydroxylation is 1. The van der Waals surface area contributed by atoms with Gasteiger partial charge in [0.1, 0.15) is 5.76 Å². The van der Waals surface area contributed by atoms with Gasteiger partial charge in [0.25, 0.3) is 0 Å². The SMILES string of the molecule is Cc1ccccc1N1C(C)c2oc3sccc3c2C12CCCC2. The molecule has 118 valence electrons. The number of thiophene rings is 1. The molecule has 0 N–H and O–H groups in total. The standard InChI is InChI=1S/C20H21NOS/c1-13-7-3-4-8-16(13)21-14(2)18-17(20(21)10-5-6-11-20)15-9-12-23-19(15)22-18/h3-4,7-9,12,14H,5-6,10-11H2,1-2H3. The zero-order valence-electron chi connectivity index (χ0n) is 13.6. The molecule has 1 aliphatic carbocycles. The topological polar surface area (TPSA) is 16.4 Å². The van der Waals surface area contributed by atoms with Gasteiger partial charge in [-0.1, -0.05) is 31.0 Å². The lowest BCUT2D eigenvalue weighted by atomic mass is 9.88. The van der Waals surface area contributed by atoms with Gasteiger partial charge in [-0.25, -0.2) is 0 Å². The molecule has 0 radical (unpaired) electrons. The van der Waals surface area contributed by atoms with Crippen LogP contribution in [0.2, 0.25) is 0 Å². The fourth-order valence-electron chi connectivity index (χ4n) is 4.95. The molecule has 2 aliphatic rings. The number of benzene rings is 1. The lowest BCUT2D eigenvalue weighted by Crippen LogP contribution is -2.40. The van der Waals surface area contributed by atoms with Gasteiger partial charge in [-0.3, -0.25) is 0 Å². The monoisotopic (exact) mass is 323 g/mol. The van der Waals surface area contributed by atoms with Crippen LogP contribution in [0.4, 0.5) is 5.69 Å². The van der Waals surface area contributed by atoms with Gasteiger partial charge in [-0.05, 0) is 49.8 Å². The van der Waals surface area contributed by atoms with E-state index in [1.165, 1.54) is 53.6 Å². The zero-order chi connectivity index (χ0) is 15.6. The molecule has 5 rings (SSSR count). The van der Waals surface area contributed by atoms with E-state index >= 15 is 0 Å². The van der Waals surface area contributed by atoms with Gasteiger partial charge < -0.3 is 9.32 Å². The predicted octanol–water partition coefficient (Wildman–Crippen LogP) is 6.15. The molecular formula is C20H21NOS. The fraction of sp³-hybridized carbons (Fsp3) is 0.400. The van der Waals surface area contributed by atoms with E-state index in [0.29, 0.717) is 6.04 Å². The molecule has 1 spiro atoms. The van der Waals surface area contributed by atoms with Crippen LogP contribution in [0.15, 0.2) is 40.1 Å². The highest BCUT2D eigenvalue weighted by Gasteiger charge is 2.53. The molecule has 0 saturated heterocycles. The molecule has 1 saturated carbocycles. The third kappa shape index (κ3) is 1.64. The summed E-state index contributed by atoms with van der Waals surface area (Å²) in [6.45, 7) is 4.54. The van der Waals surface area contributed by atoms with Crippen LogP contribution in [-0.2, 0) is 5.54 Å². The van der Waals surface area contributed by atoms with Crippen molar-refractivity contribution in [2.24, 2.45) is 0 Å². The lowest BCUT2D eigenvalue weighted by Gasteiger charge is -2.41. The molecule has 2 aromatic heterocycles. The maximum atomic E-state index is 6.32. The van der Waals surface area contributed by atoms with E-state index in [4.69, 9.17) is 4.42 Å². The number of anilines is 1. The number of nitrogens with zero attached hydrogens (tertiary/aromatic N) is 1. The molecule has 23 heavy (non-hydrogen) atoms. The highest BCUT2D eigenvalue weighted by molar-refractivity contribution is 7.16. The van der Waals surface area contributed by atoms with Gasteiger partial charge in [-0.15, -0.1) is 11.3 Å². The quantitative estimate of drug-likeness (QED) is 0.534. The minimum Gasteiger partial charge on any atom is -0.448 e. The van der Waals surface area contributed by atoms with Crippen LogP contribution in [0.3, 0.4) is 0 Å². The Kier molecular flexibility index (Phi) is 2.76. The number of furan rings is 1. The average Bonchev–Trinajstić information content (AvgIpc) is 3.26. The first-order valence-electron chi connectivity index (χ1n) is 8.58. The van der Waals surface area contributed by atoms with Crippen molar-refractivity contribution in [3.8, 4) is 0 Å². The fourth-order valence-corrected chi connectivity index (χ4v) is 5.71. The maximum absolute atomic E-state index is 6.32. The van der Waals surface area contributed by atoms with E-state index in [1.54, 1.807) is 11.3 Å². The summed E-state index contributed by atoms with van der Waals surface area (Å²) in [6.07, 6.45) is 5.10. The van der Waals surface area contributed by atoms with E-state index in [0.717, 1.165) is 4.90 Å². The van der Waals surface area contributed by atoms with Crippen molar-refractivity contribution in [2.75, 3.05) is 4.90 Å². The largest absolute Gasteiger partial charge is 0.448 e. The smallest absolute Gasteiger partial charge is 0.188 e. The van der Waals surface area contributed by atoms with E-state index in [9.17, 15) is 0 Å². The number of hydrogen-bond donors (Lipinski definition) is 0. The summed E-state index contributed by atoms with van der Waals surface area (Å²) < 4.78 is 6.32. The molecule has 0 bridgehead atoms. The Labute approximate surface area is 140 Å². The Morgan fingerprint density at radius 1 is 1.17 bits per heavy atom. The van der Waals surface area contributed by atoms with Crippen LogP contribution in [0.5, 0.6) is 0 Å².